The molecule has 0 unspecified atom stereocenters. The summed E-state index contributed by atoms with van der Waals surface area (Å²) in [4.78, 5) is 0. The van der Waals surface area contributed by atoms with E-state index in [4.69, 9.17) is 0 Å². The summed E-state index contributed by atoms with van der Waals surface area (Å²) in [6.07, 6.45) is 0. The van der Waals surface area contributed by atoms with Crippen LogP contribution in [0.2, 0.25) is 0 Å². The molecule has 0 fully saturated rings. The predicted molar refractivity (Wildman–Crippen MR) is 331 cm³/mol. The molecule has 0 aliphatic rings. The van der Waals surface area contributed by atoms with Gasteiger partial charge in [-0.25, -0.2) is 0 Å². The average molecular weight is 1100 g/mol. The Balaban J connectivity index is 0.000000133. The molecule has 0 saturated carbocycles. The van der Waals surface area contributed by atoms with Crippen LogP contribution in [0, 0.1) is 0 Å². The van der Waals surface area contributed by atoms with Gasteiger partial charge in [0.1, 0.15) is 0 Å². The molecule has 16 aromatic rings. The Morgan fingerprint density at radius 1 is 0.171 bits per heavy atom. The zero-order valence-corrected chi connectivity index (χ0v) is 44.7. The molecule has 0 spiro atoms. The fourth-order valence-corrected chi connectivity index (χ4v) is 16.6. The molecule has 0 bridgehead atoms. The Bertz CT molecular complexity index is 5100. The quantitative estimate of drug-likeness (QED) is 0.153. The van der Waals surface area contributed by atoms with Gasteiger partial charge in [-0.1, -0.05) is 0 Å². The molecule has 0 atom stereocenters. The SMILES string of the molecule is c1ccc(-n2c3ccccc3c3ccccc3c3cc4[se]c5ccccc5c4cc3c3ccccc32)cc1.c1ccc(-n2c3ccccc3c3ccccc3c3cc4c(cc3c3ccccc32)[se]c2ccccc24)cc1. The maximum absolute atomic E-state index is 2.49. The summed E-state index contributed by atoms with van der Waals surface area (Å²) in [6, 6.07) is 103. The standard InChI is InChI=1S/2C36H23NSe/c1-2-12-24(13-3-1)37-33-19-9-6-16-27(33)25-14-4-5-15-26(25)31-23-36-32(29-18-8-11-21-35(29)38-36)22-30(31)28-17-7-10-20-34(28)37;1-2-12-24(13-3-1)37-33-19-9-6-16-27(33)25-14-4-5-15-26(25)30-22-32-29-18-8-11-21-35(29)38-36(32)23-31(30)28-17-7-10-20-34(28)37/h2*1-23H. The molecule has 16 rings (SSSR count). The van der Waals surface area contributed by atoms with E-state index in [1.54, 1.807) is 0 Å². The predicted octanol–water partition coefficient (Wildman–Crippen LogP) is 19.2. The van der Waals surface area contributed by atoms with Crippen LogP contribution in [0.5, 0.6) is 0 Å². The molecule has 4 heteroatoms. The molecule has 0 aliphatic heterocycles. The van der Waals surface area contributed by atoms with Crippen LogP contribution in [-0.4, -0.2) is 38.1 Å². The van der Waals surface area contributed by atoms with Gasteiger partial charge < -0.3 is 0 Å². The second kappa shape index (κ2) is 18.6. The topological polar surface area (TPSA) is 9.86 Å². The van der Waals surface area contributed by atoms with Crippen LogP contribution in [0.15, 0.2) is 279 Å². The Kier molecular flexibility index (Phi) is 10.9. The van der Waals surface area contributed by atoms with Crippen molar-refractivity contribution < 1.29 is 0 Å². The Labute approximate surface area is 450 Å². The minimum atomic E-state index is 0.302. The van der Waals surface area contributed by atoms with Crippen LogP contribution in [0.1, 0.15) is 0 Å². The normalized spacial score (nSPS) is 11.7. The minimum absolute atomic E-state index is 0.302. The van der Waals surface area contributed by atoms with Crippen molar-refractivity contribution in [3.8, 4) is 11.4 Å². The first kappa shape index (κ1) is 44.7. The van der Waals surface area contributed by atoms with Crippen molar-refractivity contribution in [3.05, 3.63) is 279 Å². The van der Waals surface area contributed by atoms with Crippen LogP contribution in [-0.2, 0) is 0 Å². The first-order chi connectivity index (χ1) is 37.7. The molecule has 12 aromatic carbocycles. The van der Waals surface area contributed by atoms with Gasteiger partial charge in [0.15, 0.2) is 0 Å². The van der Waals surface area contributed by atoms with Gasteiger partial charge >= 0.3 is 454 Å². The van der Waals surface area contributed by atoms with E-state index in [0.29, 0.717) is 29.0 Å². The number of hydrogen-bond donors (Lipinski definition) is 0. The third-order valence-electron chi connectivity index (χ3n) is 15.2. The fraction of sp³-hybridized carbons (Fsp3) is 0. The number of fused-ring (bicyclic) bond motifs is 20. The number of benzene rings is 12. The van der Waals surface area contributed by atoms with Gasteiger partial charge in [-0.05, 0) is 0 Å². The van der Waals surface area contributed by atoms with Gasteiger partial charge in [0.25, 0.3) is 0 Å². The monoisotopic (exact) mass is 1100 g/mol. The van der Waals surface area contributed by atoms with Crippen LogP contribution >= 0.6 is 0 Å². The van der Waals surface area contributed by atoms with Crippen molar-refractivity contribution in [3.63, 3.8) is 0 Å². The van der Waals surface area contributed by atoms with Crippen LogP contribution in [0.25, 0.3) is 137 Å². The van der Waals surface area contributed by atoms with E-state index < -0.39 is 0 Å². The van der Waals surface area contributed by atoms with E-state index >= 15 is 0 Å². The van der Waals surface area contributed by atoms with E-state index in [2.05, 4.69) is 288 Å². The van der Waals surface area contributed by atoms with Gasteiger partial charge in [-0.15, -0.1) is 0 Å². The van der Waals surface area contributed by atoms with E-state index in [0.717, 1.165) is 11.4 Å². The average Bonchev–Trinajstić information content (AvgIpc) is 4.07. The van der Waals surface area contributed by atoms with Crippen molar-refractivity contribution in [1.82, 2.24) is 9.13 Å². The second-order valence-electron chi connectivity index (χ2n) is 19.5. The number of hydrogen-bond acceptors (Lipinski definition) is 0. The van der Waals surface area contributed by atoms with Crippen LogP contribution in [0.4, 0.5) is 0 Å². The fourth-order valence-electron chi connectivity index (χ4n) is 11.9. The Morgan fingerprint density at radius 3 is 0.803 bits per heavy atom. The van der Waals surface area contributed by atoms with Gasteiger partial charge in [0.2, 0.25) is 0 Å². The maximum atomic E-state index is 2.49. The van der Waals surface area contributed by atoms with Gasteiger partial charge in [-0.2, -0.15) is 0 Å². The summed E-state index contributed by atoms with van der Waals surface area (Å²) in [5.41, 5.74) is 7.08. The summed E-state index contributed by atoms with van der Waals surface area (Å²) < 4.78 is 10.8. The number of para-hydroxylation sites is 6. The number of aromatic nitrogens is 2. The molecule has 76 heavy (non-hydrogen) atoms. The third kappa shape index (κ3) is 7.37. The molecule has 4 heterocycles. The number of rotatable bonds is 2. The zero-order chi connectivity index (χ0) is 50.1. The van der Waals surface area contributed by atoms with Crippen LogP contribution in [0.3, 0.4) is 0 Å². The first-order valence-electron chi connectivity index (χ1n) is 25.9. The zero-order valence-electron chi connectivity index (χ0n) is 41.3. The van der Waals surface area contributed by atoms with Gasteiger partial charge in [0, 0.05) is 0 Å². The third-order valence-corrected chi connectivity index (χ3v) is 20.0. The van der Waals surface area contributed by atoms with Crippen molar-refractivity contribution in [2.24, 2.45) is 0 Å². The summed E-state index contributed by atoms with van der Waals surface area (Å²) in [5.74, 6) is 0. The molecule has 2 nitrogen and oxygen atoms in total. The van der Waals surface area contributed by atoms with Crippen molar-refractivity contribution in [2.45, 2.75) is 0 Å². The Morgan fingerprint density at radius 2 is 0.421 bits per heavy atom. The van der Waals surface area contributed by atoms with E-state index in [1.165, 1.54) is 125 Å². The summed E-state index contributed by atoms with van der Waals surface area (Å²) in [7, 11) is 0. The van der Waals surface area contributed by atoms with Crippen molar-refractivity contribution >= 4 is 154 Å². The molecule has 0 aliphatic carbocycles. The van der Waals surface area contributed by atoms with Crippen molar-refractivity contribution in [2.75, 3.05) is 0 Å². The molecule has 4 aromatic heterocycles. The molecular weight excluding hydrogens is 1050 g/mol. The van der Waals surface area contributed by atoms with Crippen LogP contribution < -0.4 is 0 Å². The van der Waals surface area contributed by atoms with E-state index in [1.807, 2.05) is 0 Å². The van der Waals surface area contributed by atoms with E-state index in [-0.39, 0.29) is 0 Å². The van der Waals surface area contributed by atoms with Crippen molar-refractivity contribution in [1.29, 1.82) is 0 Å². The molecule has 0 amide bonds. The molecular formula is C72H46N2Se2. The molecule has 356 valence electrons. The Hall–Kier alpha value is -8.72. The van der Waals surface area contributed by atoms with Gasteiger partial charge in [0.05, 0.1) is 0 Å². The van der Waals surface area contributed by atoms with E-state index in [9.17, 15) is 0 Å². The summed E-state index contributed by atoms with van der Waals surface area (Å²) in [6.45, 7) is 0. The first-order valence-corrected chi connectivity index (χ1v) is 29.3. The van der Waals surface area contributed by atoms with Gasteiger partial charge in [-0.3, -0.25) is 0 Å². The second-order valence-corrected chi connectivity index (χ2v) is 24.0. The molecule has 0 radical (unpaired) electrons. The number of nitrogens with zero attached hydrogens (tertiary/aromatic N) is 2. The summed E-state index contributed by atoms with van der Waals surface area (Å²) >= 11 is 0.609. The summed E-state index contributed by atoms with van der Waals surface area (Å²) in [5, 5.41) is 20.8. The molecule has 0 N–H and O–H groups in total. The molecule has 0 saturated heterocycles.